The number of methoxy groups -OCH3 is 1. The van der Waals surface area contributed by atoms with E-state index in [1.807, 2.05) is 0 Å². The average Bonchev–Trinajstić information content (AvgIpc) is 2.35. The molecular formula is C10H18N2O4. The molecule has 1 aliphatic heterocycles. The van der Waals surface area contributed by atoms with Crippen molar-refractivity contribution in [3.63, 3.8) is 0 Å². The number of hydrogen-bond acceptors (Lipinski definition) is 5. The number of carbonyl (C=O) groups excluding carboxylic acids is 2. The van der Waals surface area contributed by atoms with Gasteiger partial charge >= 0.3 is 5.97 Å². The average molecular weight is 230 g/mol. The second kappa shape index (κ2) is 7.19. The van der Waals surface area contributed by atoms with Crippen molar-refractivity contribution >= 4 is 11.9 Å². The second-order valence-corrected chi connectivity index (χ2v) is 3.55. The topological polar surface area (TPSA) is 76.7 Å². The van der Waals surface area contributed by atoms with Crippen molar-refractivity contribution in [3.05, 3.63) is 0 Å². The van der Waals surface area contributed by atoms with Gasteiger partial charge in [0.1, 0.15) is 6.04 Å². The first-order valence-corrected chi connectivity index (χ1v) is 5.39. The van der Waals surface area contributed by atoms with Gasteiger partial charge in [-0.1, -0.05) is 0 Å². The van der Waals surface area contributed by atoms with Gasteiger partial charge in [-0.2, -0.15) is 0 Å². The first-order chi connectivity index (χ1) is 7.74. The summed E-state index contributed by atoms with van der Waals surface area (Å²) in [5.74, 6) is -0.335. The quantitative estimate of drug-likeness (QED) is 0.470. The fourth-order valence-electron chi connectivity index (χ4n) is 1.40. The van der Waals surface area contributed by atoms with Gasteiger partial charge in [-0.25, -0.2) is 0 Å². The fourth-order valence-corrected chi connectivity index (χ4v) is 1.40. The molecular weight excluding hydrogens is 212 g/mol. The van der Waals surface area contributed by atoms with Crippen LogP contribution in [-0.4, -0.2) is 51.3 Å². The maximum atomic E-state index is 11.5. The molecule has 0 aliphatic carbocycles. The van der Waals surface area contributed by atoms with E-state index in [2.05, 4.69) is 15.4 Å². The number of hydrogen-bond donors (Lipinski definition) is 2. The Morgan fingerprint density at radius 2 is 2.38 bits per heavy atom. The van der Waals surface area contributed by atoms with Crippen LogP contribution >= 0.6 is 0 Å². The molecule has 1 aliphatic rings. The van der Waals surface area contributed by atoms with Gasteiger partial charge < -0.3 is 20.1 Å². The Morgan fingerprint density at radius 1 is 1.56 bits per heavy atom. The third-order valence-electron chi connectivity index (χ3n) is 2.32. The number of rotatable bonds is 5. The van der Waals surface area contributed by atoms with Gasteiger partial charge in [-0.15, -0.1) is 0 Å². The first kappa shape index (κ1) is 12.9. The number of esters is 1. The van der Waals surface area contributed by atoms with E-state index in [-0.39, 0.29) is 17.9 Å². The first-order valence-electron chi connectivity index (χ1n) is 5.39. The van der Waals surface area contributed by atoms with E-state index in [9.17, 15) is 9.59 Å². The molecule has 16 heavy (non-hydrogen) atoms. The lowest BCUT2D eigenvalue weighted by molar-refractivity contribution is -0.140. The van der Waals surface area contributed by atoms with Gasteiger partial charge in [-0.05, 0) is 6.42 Å². The molecule has 0 aromatic rings. The summed E-state index contributed by atoms with van der Waals surface area (Å²) < 4.78 is 9.66. The Kier molecular flexibility index (Phi) is 5.81. The van der Waals surface area contributed by atoms with Gasteiger partial charge in [-0.3, -0.25) is 9.59 Å². The van der Waals surface area contributed by atoms with E-state index >= 15 is 0 Å². The fraction of sp³-hybridized carbons (Fsp3) is 0.800. The monoisotopic (exact) mass is 230 g/mol. The third-order valence-corrected chi connectivity index (χ3v) is 2.32. The van der Waals surface area contributed by atoms with Gasteiger partial charge in [0, 0.05) is 19.5 Å². The summed E-state index contributed by atoms with van der Waals surface area (Å²) in [5.41, 5.74) is 0. The lowest BCUT2D eigenvalue weighted by Gasteiger charge is -2.22. The molecule has 1 unspecified atom stereocenters. The molecule has 0 bridgehead atoms. The van der Waals surface area contributed by atoms with Crippen molar-refractivity contribution in [2.45, 2.75) is 18.9 Å². The molecule has 2 N–H and O–H groups in total. The Hall–Kier alpha value is -1.14. The van der Waals surface area contributed by atoms with Gasteiger partial charge in [0.2, 0.25) is 5.91 Å². The minimum absolute atomic E-state index is 0.0791. The van der Waals surface area contributed by atoms with Crippen molar-refractivity contribution in [1.82, 2.24) is 10.6 Å². The summed E-state index contributed by atoms with van der Waals surface area (Å²) in [6, 6.07) is -0.271. The van der Waals surface area contributed by atoms with Gasteiger partial charge in [0.25, 0.3) is 0 Å². The van der Waals surface area contributed by atoms with Crippen LogP contribution in [0.2, 0.25) is 0 Å². The Labute approximate surface area is 94.7 Å². The maximum Gasteiger partial charge on any atom is 0.305 e. The standard InChI is InChI=1S/C10H18N2O4/c1-15-9(13)3-2-4-12-10(14)8-7-16-6-5-11-8/h8,11H,2-7H2,1H3,(H,12,14). The SMILES string of the molecule is COC(=O)CCCNC(=O)C1COCCN1. The molecule has 1 fully saturated rings. The normalized spacial score (nSPS) is 20.2. The third kappa shape index (κ3) is 4.59. The summed E-state index contributed by atoms with van der Waals surface area (Å²) >= 11 is 0. The van der Waals surface area contributed by atoms with Crippen LogP contribution in [0.25, 0.3) is 0 Å². The molecule has 6 nitrogen and oxygen atoms in total. The van der Waals surface area contributed by atoms with E-state index in [0.29, 0.717) is 39.1 Å². The number of amides is 1. The number of nitrogens with one attached hydrogen (secondary N) is 2. The highest BCUT2D eigenvalue weighted by Crippen LogP contribution is 1.94. The van der Waals surface area contributed by atoms with Crippen LogP contribution in [0.1, 0.15) is 12.8 Å². The van der Waals surface area contributed by atoms with E-state index < -0.39 is 0 Å². The number of ether oxygens (including phenoxy) is 2. The molecule has 0 spiro atoms. The van der Waals surface area contributed by atoms with Crippen LogP contribution in [-0.2, 0) is 19.1 Å². The van der Waals surface area contributed by atoms with E-state index in [1.54, 1.807) is 0 Å². The van der Waals surface area contributed by atoms with Crippen LogP contribution in [0.3, 0.4) is 0 Å². The zero-order valence-electron chi connectivity index (χ0n) is 9.45. The van der Waals surface area contributed by atoms with Crippen LogP contribution in [0.5, 0.6) is 0 Å². The summed E-state index contributed by atoms with van der Waals surface area (Å²) in [6.45, 7) is 2.22. The highest BCUT2D eigenvalue weighted by molar-refractivity contribution is 5.82. The molecule has 92 valence electrons. The number of carbonyl (C=O) groups is 2. The summed E-state index contributed by atoms with van der Waals surface area (Å²) in [7, 11) is 1.35. The minimum atomic E-state index is -0.271. The van der Waals surface area contributed by atoms with Crippen molar-refractivity contribution < 1.29 is 19.1 Å². The summed E-state index contributed by atoms with van der Waals surface area (Å²) in [5, 5.41) is 5.79. The smallest absolute Gasteiger partial charge is 0.305 e. The van der Waals surface area contributed by atoms with Crippen LogP contribution < -0.4 is 10.6 Å². The van der Waals surface area contributed by atoms with Crippen molar-refractivity contribution in [1.29, 1.82) is 0 Å². The van der Waals surface area contributed by atoms with E-state index in [4.69, 9.17) is 4.74 Å². The summed E-state index contributed by atoms with van der Waals surface area (Å²) in [4.78, 5) is 22.3. The predicted molar refractivity (Wildman–Crippen MR) is 56.9 cm³/mol. The Morgan fingerprint density at radius 3 is 3.00 bits per heavy atom. The lowest BCUT2D eigenvalue weighted by atomic mass is 10.2. The second-order valence-electron chi connectivity index (χ2n) is 3.55. The molecule has 1 amide bonds. The largest absolute Gasteiger partial charge is 0.469 e. The molecule has 1 atom stereocenters. The number of morpholine rings is 1. The highest BCUT2D eigenvalue weighted by atomic mass is 16.5. The van der Waals surface area contributed by atoms with Crippen molar-refractivity contribution in [2.24, 2.45) is 0 Å². The Balaban J connectivity index is 2.07. The molecule has 0 saturated carbocycles. The zero-order valence-corrected chi connectivity index (χ0v) is 9.45. The molecule has 0 aromatic heterocycles. The van der Waals surface area contributed by atoms with Crippen LogP contribution in [0.4, 0.5) is 0 Å². The predicted octanol–water partition coefficient (Wildman–Crippen LogP) is -0.956. The Bertz CT molecular complexity index is 239. The molecule has 1 rings (SSSR count). The van der Waals surface area contributed by atoms with E-state index in [1.165, 1.54) is 7.11 Å². The van der Waals surface area contributed by atoms with E-state index in [0.717, 1.165) is 0 Å². The minimum Gasteiger partial charge on any atom is -0.469 e. The summed E-state index contributed by atoms with van der Waals surface area (Å²) in [6.07, 6.45) is 0.914. The van der Waals surface area contributed by atoms with Crippen molar-refractivity contribution in [3.8, 4) is 0 Å². The van der Waals surface area contributed by atoms with Crippen molar-refractivity contribution in [2.75, 3.05) is 33.4 Å². The molecule has 1 saturated heterocycles. The molecule has 1 heterocycles. The maximum absolute atomic E-state index is 11.5. The van der Waals surface area contributed by atoms with Gasteiger partial charge in [0.15, 0.2) is 0 Å². The van der Waals surface area contributed by atoms with Crippen LogP contribution in [0, 0.1) is 0 Å². The van der Waals surface area contributed by atoms with Gasteiger partial charge in [0.05, 0.1) is 20.3 Å². The molecule has 6 heteroatoms. The molecule has 0 radical (unpaired) electrons. The zero-order chi connectivity index (χ0) is 11.8. The highest BCUT2D eigenvalue weighted by Gasteiger charge is 2.20. The molecule has 0 aromatic carbocycles. The van der Waals surface area contributed by atoms with Crippen LogP contribution in [0.15, 0.2) is 0 Å². The lowest BCUT2D eigenvalue weighted by Crippen LogP contribution is -2.51.